The van der Waals surface area contributed by atoms with Crippen LogP contribution in [-0.2, 0) is 9.59 Å². The topological polar surface area (TPSA) is 58.6 Å². The Bertz CT molecular complexity index is 488. The van der Waals surface area contributed by atoms with E-state index in [9.17, 15) is 9.59 Å². The Labute approximate surface area is 118 Å². The number of benzene rings is 1. The fourth-order valence-corrected chi connectivity index (χ4v) is 2.14. The Morgan fingerprint density at radius 1 is 1.35 bits per heavy atom. The van der Waals surface area contributed by atoms with Crippen LogP contribution in [0.5, 0.6) is 5.75 Å². The van der Waals surface area contributed by atoms with Crippen molar-refractivity contribution in [1.29, 1.82) is 0 Å². The molecule has 0 radical (unpaired) electrons. The highest BCUT2D eigenvalue weighted by atomic mass is 16.5. The minimum Gasteiger partial charge on any atom is -0.493 e. The number of carbonyl (C=O) groups is 2. The molecule has 2 amide bonds. The van der Waals surface area contributed by atoms with Crippen LogP contribution >= 0.6 is 0 Å². The second-order valence-electron chi connectivity index (χ2n) is 4.84. The van der Waals surface area contributed by atoms with Crippen molar-refractivity contribution in [3.8, 4) is 5.75 Å². The quantitative estimate of drug-likeness (QED) is 0.896. The molecule has 108 valence electrons. The van der Waals surface area contributed by atoms with Gasteiger partial charge in [-0.3, -0.25) is 9.59 Å². The predicted octanol–water partition coefficient (Wildman–Crippen LogP) is 1.11. The molecule has 0 saturated carbocycles. The van der Waals surface area contributed by atoms with Gasteiger partial charge in [-0.25, -0.2) is 0 Å². The van der Waals surface area contributed by atoms with Crippen molar-refractivity contribution >= 4 is 11.8 Å². The van der Waals surface area contributed by atoms with E-state index in [0.717, 1.165) is 11.3 Å². The number of hydrogen-bond donors (Lipinski definition) is 1. The van der Waals surface area contributed by atoms with Crippen molar-refractivity contribution in [3.63, 3.8) is 0 Å². The van der Waals surface area contributed by atoms with Gasteiger partial charge in [0.15, 0.2) is 0 Å². The molecular formula is C15H20N2O3. The van der Waals surface area contributed by atoms with Crippen LogP contribution < -0.4 is 10.1 Å². The minimum atomic E-state index is 0.0106. The number of hydrogen-bond acceptors (Lipinski definition) is 3. The molecular weight excluding hydrogens is 256 g/mol. The molecule has 1 saturated heterocycles. The first-order valence-electron chi connectivity index (χ1n) is 6.90. The zero-order valence-corrected chi connectivity index (χ0v) is 11.7. The Morgan fingerprint density at radius 2 is 2.15 bits per heavy atom. The molecule has 5 nitrogen and oxygen atoms in total. The number of amides is 2. The zero-order valence-electron chi connectivity index (χ0n) is 11.7. The van der Waals surface area contributed by atoms with Crippen molar-refractivity contribution in [2.45, 2.75) is 19.8 Å². The van der Waals surface area contributed by atoms with E-state index in [-0.39, 0.29) is 11.8 Å². The van der Waals surface area contributed by atoms with Crippen LogP contribution in [-0.4, -0.2) is 43.0 Å². The molecule has 0 spiro atoms. The summed E-state index contributed by atoms with van der Waals surface area (Å²) in [5.41, 5.74) is 1.06. The van der Waals surface area contributed by atoms with E-state index < -0.39 is 0 Å². The summed E-state index contributed by atoms with van der Waals surface area (Å²) in [6.45, 7) is 3.94. The van der Waals surface area contributed by atoms with E-state index in [4.69, 9.17) is 4.74 Å². The van der Waals surface area contributed by atoms with Crippen molar-refractivity contribution in [1.82, 2.24) is 10.2 Å². The second kappa shape index (κ2) is 6.93. The fraction of sp³-hybridized carbons (Fsp3) is 0.467. The minimum absolute atomic E-state index is 0.0106. The lowest BCUT2D eigenvalue weighted by atomic mass is 10.2. The normalized spacial score (nSPS) is 15.4. The Kier molecular flexibility index (Phi) is 4.98. The molecule has 0 unspecified atom stereocenters. The van der Waals surface area contributed by atoms with Crippen LogP contribution in [0.2, 0.25) is 0 Å². The molecule has 1 heterocycles. The zero-order chi connectivity index (χ0) is 14.4. The summed E-state index contributed by atoms with van der Waals surface area (Å²) in [7, 11) is 0. The lowest BCUT2D eigenvalue weighted by Crippen LogP contribution is -2.34. The molecule has 1 N–H and O–H groups in total. The van der Waals surface area contributed by atoms with Crippen molar-refractivity contribution in [3.05, 3.63) is 29.8 Å². The average Bonchev–Trinajstić information content (AvgIpc) is 2.66. The first-order chi connectivity index (χ1) is 9.66. The van der Waals surface area contributed by atoms with Crippen LogP contribution in [0.15, 0.2) is 24.3 Å². The molecule has 20 heavy (non-hydrogen) atoms. The molecule has 1 aromatic carbocycles. The summed E-state index contributed by atoms with van der Waals surface area (Å²) in [5.74, 6) is 0.861. The molecule has 0 aromatic heterocycles. The smallest absolute Gasteiger partial charge is 0.226 e. The van der Waals surface area contributed by atoms with Crippen LogP contribution in [0.25, 0.3) is 0 Å². The largest absolute Gasteiger partial charge is 0.493 e. The number of aryl methyl sites for hydroxylation is 1. The van der Waals surface area contributed by atoms with Gasteiger partial charge >= 0.3 is 0 Å². The van der Waals surface area contributed by atoms with E-state index in [2.05, 4.69) is 5.32 Å². The average molecular weight is 276 g/mol. The van der Waals surface area contributed by atoms with E-state index in [0.29, 0.717) is 39.1 Å². The highest BCUT2D eigenvalue weighted by Gasteiger charge is 2.18. The van der Waals surface area contributed by atoms with E-state index >= 15 is 0 Å². The summed E-state index contributed by atoms with van der Waals surface area (Å²) in [4.78, 5) is 25.0. The molecule has 5 heteroatoms. The number of nitrogens with one attached hydrogen (secondary N) is 1. The SMILES string of the molecule is Cc1ccccc1OCCC(=O)N1CCNC(=O)CC1. The van der Waals surface area contributed by atoms with Gasteiger partial charge in [0.05, 0.1) is 13.0 Å². The third kappa shape index (κ3) is 3.98. The highest BCUT2D eigenvalue weighted by molar-refractivity contribution is 5.80. The standard InChI is InChI=1S/C15H20N2O3/c1-12-4-2-3-5-13(12)20-11-7-15(19)17-9-6-14(18)16-8-10-17/h2-5H,6-11H2,1H3,(H,16,18). The van der Waals surface area contributed by atoms with Crippen molar-refractivity contribution < 1.29 is 14.3 Å². The Morgan fingerprint density at radius 3 is 2.95 bits per heavy atom. The summed E-state index contributed by atoms with van der Waals surface area (Å²) in [6.07, 6.45) is 0.715. The maximum Gasteiger partial charge on any atom is 0.226 e. The van der Waals surface area contributed by atoms with Crippen LogP contribution in [0.1, 0.15) is 18.4 Å². The highest BCUT2D eigenvalue weighted by Crippen LogP contribution is 2.16. The van der Waals surface area contributed by atoms with E-state index in [1.807, 2.05) is 31.2 Å². The summed E-state index contributed by atoms with van der Waals surface area (Å²) in [6, 6.07) is 7.74. The first-order valence-corrected chi connectivity index (χ1v) is 6.90. The lowest BCUT2D eigenvalue weighted by molar-refractivity contribution is -0.131. The molecule has 1 aromatic rings. The van der Waals surface area contributed by atoms with Crippen LogP contribution in [0.4, 0.5) is 0 Å². The maximum absolute atomic E-state index is 12.0. The summed E-state index contributed by atoms with van der Waals surface area (Å²) >= 11 is 0. The molecule has 0 bridgehead atoms. The molecule has 0 atom stereocenters. The van der Waals surface area contributed by atoms with Crippen LogP contribution in [0.3, 0.4) is 0 Å². The molecule has 1 fully saturated rings. The van der Waals surface area contributed by atoms with Crippen molar-refractivity contribution in [2.24, 2.45) is 0 Å². The molecule has 2 rings (SSSR count). The summed E-state index contributed by atoms with van der Waals surface area (Å²) < 4.78 is 5.62. The molecule has 1 aliphatic heterocycles. The van der Waals surface area contributed by atoms with Gasteiger partial charge < -0.3 is 15.0 Å². The molecule has 0 aliphatic carbocycles. The van der Waals surface area contributed by atoms with Gasteiger partial charge in [-0.2, -0.15) is 0 Å². The van der Waals surface area contributed by atoms with Gasteiger partial charge in [0.1, 0.15) is 5.75 Å². The predicted molar refractivity (Wildman–Crippen MR) is 75.5 cm³/mol. The number of para-hydroxylation sites is 1. The maximum atomic E-state index is 12.0. The van der Waals surface area contributed by atoms with Gasteiger partial charge in [0.2, 0.25) is 11.8 Å². The third-order valence-corrected chi connectivity index (χ3v) is 3.33. The van der Waals surface area contributed by atoms with Gasteiger partial charge in [-0.15, -0.1) is 0 Å². The van der Waals surface area contributed by atoms with E-state index in [1.54, 1.807) is 4.90 Å². The third-order valence-electron chi connectivity index (χ3n) is 3.33. The number of ether oxygens (including phenoxy) is 1. The van der Waals surface area contributed by atoms with Crippen LogP contribution in [0, 0.1) is 6.92 Å². The summed E-state index contributed by atoms with van der Waals surface area (Å²) in [5, 5.41) is 2.75. The van der Waals surface area contributed by atoms with Gasteiger partial charge in [-0.05, 0) is 18.6 Å². The number of nitrogens with zero attached hydrogens (tertiary/aromatic N) is 1. The monoisotopic (exact) mass is 276 g/mol. The first kappa shape index (κ1) is 14.4. The Balaban J connectivity index is 1.77. The van der Waals surface area contributed by atoms with Gasteiger partial charge in [-0.1, -0.05) is 18.2 Å². The lowest BCUT2D eigenvalue weighted by Gasteiger charge is -2.19. The fourth-order valence-electron chi connectivity index (χ4n) is 2.14. The number of carbonyl (C=O) groups excluding carboxylic acids is 2. The second-order valence-corrected chi connectivity index (χ2v) is 4.84. The van der Waals surface area contributed by atoms with Gasteiger partial charge in [0, 0.05) is 26.1 Å². The number of rotatable bonds is 4. The molecule has 1 aliphatic rings. The van der Waals surface area contributed by atoms with Gasteiger partial charge in [0.25, 0.3) is 0 Å². The Hall–Kier alpha value is -2.04. The van der Waals surface area contributed by atoms with E-state index in [1.165, 1.54) is 0 Å². The van der Waals surface area contributed by atoms with Crippen molar-refractivity contribution in [2.75, 3.05) is 26.2 Å².